The smallest absolute Gasteiger partial charge is 0.332 e. The van der Waals surface area contributed by atoms with Gasteiger partial charge in [0, 0.05) is 39.4 Å². The molecule has 130 valence electrons. The van der Waals surface area contributed by atoms with Crippen molar-refractivity contribution in [3.05, 3.63) is 57.0 Å². The zero-order valence-corrected chi connectivity index (χ0v) is 14.5. The molecule has 7 heteroatoms. The molecule has 1 aliphatic rings. The summed E-state index contributed by atoms with van der Waals surface area (Å²) in [5.74, 6) is 0. The maximum absolute atomic E-state index is 12.7. The fourth-order valence-corrected chi connectivity index (χ4v) is 3.65. The van der Waals surface area contributed by atoms with Crippen molar-refractivity contribution in [1.82, 2.24) is 18.7 Å². The molecule has 0 N–H and O–H groups in total. The number of aryl methyl sites for hydroxylation is 2. The molecule has 25 heavy (non-hydrogen) atoms. The summed E-state index contributed by atoms with van der Waals surface area (Å²) in [7, 11) is 3.43. The number of imidazole rings is 1. The Bertz CT molecular complexity index is 1060. The van der Waals surface area contributed by atoms with Gasteiger partial charge in [-0.2, -0.15) is 0 Å². The highest BCUT2D eigenvalue weighted by molar-refractivity contribution is 5.69. The van der Waals surface area contributed by atoms with Crippen molar-refractivity contribution in [3.8, 4) is 0 Å². The quantitative estimate of drug-likeness (QED) is 0.708. The lowest BCUT2D eigenvalue weighted by Crippen LogP contribution is -2.40. The number of para-hydroxylation sites is 1. The van der Waals surface area contributed by atoms with Crippen molar-refractivity contribution in [2.24, 2.45) is 14.1 Å². The van der Waals surface area contributed by atoms with Crippen LogP contribution in [0, 0.1) is 0 Å². The lowest BCUT2D eigenvalue weighted by atomic mass is 10.2. The molecule has 3 aromatic rings. The number of aromatic nitrogens is 4. The van der Waals surface area contributed by atoms with Gasteiger partial charge in [-0.1, -0.05) is 18.2 Å². The molecule has 0 atom stereocenters. The summed E-state index contributed by atoms with van der Waals surface area (Å²) in [5, 5.41) is 0. The van der Waals surface area contributed by atoms with E-state index in [0.29, 0.717) is 17.7 Å². The van der Waals surface area contributed by atoms with Crippen LogP contribution >= 0.6 is 0 Å². The Kier molecular flexibility index (Phi) is 3.71. The predicted octanol–water partition coefficient (Wildman–Crippen LogP) is 0.886. The van der Waals surface area contributed by atoms with E-state index in [1.165, 1.54) is 20.4 Å². The standard InChI is InChI=1S/C18H21N5O2/c1-20-12-19-16-15(20)17(24)23(18(25)21(16)2)10-5-9-22-11-8-13-6-3-4-7-14(13)22/h3-4,6-7,12H,5,8-11H2,1-2H3. The van der Waals surface area contributed by atoms with E-state index in [4.69, 9.17) is 0 Å². The Hall–Kier alpha value is -2.83. The van der Waals surface area contributed by atoms with Crippen LogP contribution in [0.1, 0.15) is 12.0 Å². The normalized spacial score (nSPS) is 13.6. The lowest BCUT2D eigenvalue weighted by Gasteiger charge is -2.19. The molecule has 1 aliphatic heterocycles. The van der Waals surface area contributed by atoms with E-state index in [1.54, 1.807) is 25.0 Å². The van der Waals surface area contributed by atoms with Gasteiger partial charge in [-0.25, -0.2) is 9.78 Å². The van der Waals surface area contributed by atoms with E-state index in [2.05, 4.69) is 28.1 Å². The van der Waals surface area contributed by atoms with Crippen molar-refractivity contribution in [2.45, 2.75) is 19.4 Å². The Morgan fingerprint density at radius 2 is 1.92 bits per heavy atom. The first-order chi connectivity index (χ1) is 12.1. The first-order valence-corrected chi connectivity index (χ1v) is 8.51. The maximum atomic E-state index is 12.7. The Morgan fingerprint density at radius 3 is 2.76 bits per heavy atom. The van der Waals surface area contributed by atoms with Gasteiger partial charge >= 0.3 is 5.69 Å². The Balaban J connectivity index is 1.57. The molecule has 0 saturated carbocycles. The molecule has 7 nitrogen and oxygen atoms in total. The molecule has 0 spiro atoms. The lowest BCUT2D eigenvalue weighted by molar-refractivity contribution is 0.567. The summed E-state index contributed by atoms with van der Waals surface area (Å²) in [6.07, 6.45) is 3.36. The van der Waals surface area contributed by atoms with E-state index < -0.39 is 0 Å². The van der Waals surface area contributed by atoms with Crippen LogP contribution in [-0.2, 0) is 27.1 Å². The van der Waals surface area contributed by atoms with Gasteiger partial charge in [0.25, 0.3) is 5.56 Å². The predicted molar refractivity (Wildman–Crippen MR) is 97.2 cm³/mol. The first-order valence-electron chi connectivity index (χ1n) is 8.51. The topological polar surface area (TPSA) is 65.1 Å². The number of nitrogens with zero attached hydrogens (tertiary/aromatic N) is 5. The highest BCUT2D eigenvalue weighted by Crippen LogP contribution is 2.27. The minimum absolute atomic E-state index is 0.264. The van der Waals surface area contributed by atoms with Crippen LogP contribution < -0.4 is 16.1 Å². The van der Waals surface area contributed by atoms with E-state index >= 15 is 0 Å². The summed E-state index contributed by atoms with van der Waals surface area (Å²) in [5.41, 5.74) is 2.96. The molecule has 0 amide bonds. The van der Waals surface area contributed by atoms with E-state index in [9.17, 15) is 9.59 Å². The van der Waals surface area contributed by atoms with Gasteiger partial charge < -0.3 is 9.47 Å². The largest absolute Gasteiger partial charge is 0.371 e. The fourth-order valence-electron chi connectivity index (χ4n) is 3.65. The third-order valence-corrected chi connectivity index (χ3v) is 4.99. The third kappa shape index (κ3) is 2.47. The molecule has 1 aromatic carbocycles. The van der Waals surface area contributed by atoms with Crippen molar-refractivity contribution >= 4 is 16.9 Å². The van der Waals surface area contributed by atoms with Gasteiger partial charge in [-0.05, 0) is 24.5 Å². The summed E-state index contributed by atoms with van der Waals surface area (Å²) < 4.78 is 4.44. The van der Waals surface area contributed by atoms with Gasteiger partial charge in [-0.15, -0.1) is 0 Å². The van der Waals surface area contributed by atoms with Crippen LogP contribution in [0.2, 0.25) is 0 Å². The second kappa shape index (κ2) is 5.91. The number of anilines is 1. The molecule has 0 fully saturated rings. The van der Waals surface area contributed by atoms with Crippen LogP contribution in [0.5, 0.6) is 0 Å². The average Bonchev–Trinajstić information content (AvgIpc) is 3.20. The maximum Gasteiger partial charge on any atom is 0.332 e. The molecule has 0 bridgehead atoms. The SMILES string of the molecule is Cn1cnc2c1c(=O)n(CCCN1CCc3ccccc31)c(=O)n2C. The molecular weight excluding hydrogens is 318 g/mol. The van der Waals surface area contributed by atoms with Gasteiger partial charge in [0.05, 0.1) is 6.33 Å². The highest BCUT2D eigenvalue weighted by Gasteiger charge is 2.18. The second-order valence-corrected chi connectivity index (χ2v) is 6.55. The number of hydrogen-bond acceptors (Lipinski definition) is 4. The third-order valence-electron chi connectivity index (χ3n) is 4.99. The molecule has 3 heterocycles. The summed E-state index contributed by atoms with van der Waals surface area (Å²) in [4.78, 5) is 31.7. The van der Waals surface area contributed by atoms with Crippen molar-refractivity contribution in [3.63, 3.8) is 0 Å². The van der Waals surface area contributed by atoms with E-state index in [1.807, 2.05) is 6.07 Å². The number of benzene rings is 1. The zero-order valence-electron chi connectivity index (χ0n) is 14.5. The van der Waals surface area contributed by atoms with Gasteiger partial charge in [0.2, 0.25) is 0 Å². The van der Waals surface area contributed by atoms with Crippen LogP contribution in [0.15, 0.2) is 40.2 Å². The number of hydrogen-bond donors (Lipinski definition) is 0. The number of rotatable bonds is 4. The van der Waals surface area contributed by atoms with Crippen LogP contribution in [0.3, 0.4) is 0 Å². The van der Waals surface area contributed by atoms with Gasteiger partial charge in [0.15, 0.2) is 11.2 Å². The Morgan fingerprint density at radius 1 is 1.12 bits per heavy atom. The summed E-state index contributed by atoms with van der Waals surface area (Å²) >= 11 is 0. The summed E-state index contributed by atoms with van der Waals surface area (Å²) in [6.45, 7) is 2.23. The van der Waals surface area contributed by atoms with Crippen LogP contribution in [0.4, 0.5) is 5.69 Å². The molecule has 0 saturated heterocycles. The first kappa shape index (κ1) is 15.7. The Labute approximate surface area is 144 Å². The van der Waals surface area contributed by atoms with E-state index in [0.717, 1.165) is 25.9 Å². The molecule has 0 unspecified atom stereocenters. The van der Waals surface area contributed by atoms with Crippen molar-refractivity contribution in [2.75, 3.05) is 18.0 Å². The second-order valence-electron chi connectivity index (χ2n) is 6.55. The molecule has 0 aliphatic carbocycles. The van der Waals surface area contributed by atoms with Gasteiger partial charge in [0.1, 0.15) is 0 Å². The molecule has 0 radical (unpaired) electrons. The van der Waals surface area contributed by atoms with Crippen LogP contribution in [0.25, 0.3) is 11.2 Å². The minimum Gasteiger partial charge on any atom is -0.371 e. The monoisotopic (exact) mass is 339 g/mol. The van der Waals surface area contributed by atoms with Crippen LogP contribution in [-0.4, -0.2) is 31.8 Å². The highest BCUT2D eigenvalue weighted by atomic mass is 16.2. The minimum atomic E-state index is -0.307. The fraction of sp³-hybridized carbons (Fsp3) is 0.389. The van der Waals surface area contributed by atoms with Gasteiger partial charge in [-0.3, -0.25) is 13.9 Å². The van der Waals surface area contributed by atoms with Crippen molar-refractivity contribution in [1.29, 1.82) is 0 Å². The molecular formula is C18H21N5O2. The molecule has 2 aromatic heterocycles. The molecule has 4 rings (SSSR count). The zero-order chi connectivity index (χ0) is 17.6. The summed E-state index contributed by atoms with van der Waals surface area (Å²) in [6, 6.07) is 8.41. The average molecular weight is 339 g/mol. The number of fused-ring (bicyclic) bond motifs is 2. The van der Waals surface area contributed by atoms with Crippen molar-refractivity contribution < 1.29 is 0 Å². The van der Waals surface area contributed by atoms with E-state index in [-0.39, 0.29) is 11.2 Å².